The van der Waals surface area contributed by atoms with Crippen molar-refractivity contribution in [2.75, 3.05) is 0 Å². The Kier molecular flexibility index (Phi) is 6.29. The van der Waals surface area contributed by atoms with Crippen molar-refractivity contribution < 1.29 is 4.42 Å². The van der Waals surface area contributed by atoms with Crippen LogP contribution in [0.15, 0.2) is 186 Å². The zero-order valence-electron chi connectivity index (χ0n) is 32.2. The van der Waals surface area contributed by atoms with E-state index in [-0.39, 0.29) is 5.41 Å². The van der Waals surface area contributed by atoms with Crippen molar-refractivity contribution >= 4 is 75.8 Å². The number of hydrogen-bond donors (Lipinski definition) is 0. The molecule has 1 heteroatoms. The lowest BCUT2D eigenvalue weighted by Gasteiger charge is -2.22. The minimum atomic E-state index is -0.133. The zero-order valence-corrected chi connectivity index (χ0v) is 32.2. The third-order valence-electron chi connectivity index (χ3n) is 13.4. The molecular weight excluding hydrogens is 701 g/mol. The predicted molar refractivity (Wildman–Crippen MR) is 246 cm³/mol. The van der Waals surface area contributed by atoms with Crippen LogP contribution in [0, 0.1) is 0 Å². The monoisotopic (exact) mass is 736 g/mol. The lowest BCUT2D eigenvalue weighted by molar-refractivity contribution is 0.661. The van der Waals surface area contributed by atoms with E-state index in [1.807, 2.05) is 0 Å². The molecule has 1 aliphatic carbocycles. The van der Waals surface area contributed by atoms with Gasteiger partial charge in [0.25, 0.3) is 0 Å². The second kappa shape index (κ2) is 11.4. The molecular formula is C57H36O. The Hall–Kier alpha value is -7.22. The van der Waals surface area contributed by atoms with Gasteiger partial charge in [-0.1, -0.05) is 159 Å². The summed E-state index contributed by atoms with van der Waals surface area (Å²) in [4.78, 5) is 0. The molecule has 1 heterocycles. The van der Waals surface area contributed by atoms with Gasteiger partial charge in [0.05, 0.1) is 0 Å². The Bertz CT molecular complexity index is 3670. The van der Waals surface area contributed by atoms with Crippen molar-refractivity contribution in [3.63, 3.8) is 0 Å². The van der Waals surface area contributed by atoms with Crippen molar-refractivity contribution in [3.8, 4) is 44.5 Å². The summed E-state index contributed by atoms with van der Waals surface area (Å²) >= 11 is 0. The molecule has 1 nitrogen and oxygen atoms in total. The van der Waals surface area contributed by atoms with E-state index in [4.69, 9.17) is 4.42 Å². The van der Waals surface area contributed by atoms with Crippen molar-refractivity contribution in [1.29, 1.82) is 0 Å². The maximum Gasteiger partial charge on any atom is 0.143 e. The largest absolute Gasteiger partial charge is 0.455 e. The Morgan fingerprint density at radius 1 is 0.328 bits per heavy atom. The first kappa shape index (κ1) is 31.9. The van der Waals surface area contributed by atoms with Gasteiger partial charge in [-0.05, 0) is 140 Å². The molecule has 0 amide bonds. The second-order valence-corrected chi connectivity index (χ2v) is 16.8. The maximum absolute atomic E-state index is 6.99. The molecule has 0 atom stereocenters. The molecule has 0 bridgehead atoms. The minimum Gasteiger partial charge on any atom is -0.455 e. The Morgan fingerprint density at radius 2 is 0.862 bits per heavy atom. The third kappa shape index (κ3) is 4.36. The quantitative estimate of drug-likeness (QED) is 0.165. The van der Waals surface area contributed by atoms with Crippen LogP contribution in [0.4, 0.5) is 0 Å². The minimum absolute atomic E-state index is 0.133. The summed E-state index contributed by atoms with van der Waals surface area (Å²) in [6, 6.07) is 67.7. The number of fused-ring (bicyclic) bond motifs is 8. The van der Waals surface area contributed by atoms with E-state index < -0.39 is 0 Å². The molecule has 0 unspecified atom stereocenters. The SMILES string of the molecule is CC1(C)c2cc(-c3ccc(-c4ccc(-c5ccc6ccc7cccc8ccc5c6c78)cc4)c4c3oc3cc5ccccc5cc34)ccc2-c2cc3ccccc3cc21. The van der Waals surface area contributed by atoms with Gasteiger partial charge in [0.15, 0.2) is 0 Å². The molecule has 0 radical (unpaired) electrons. The van der Waals surface area contributed by atoms with Crippen molar-refractivity contribution in [3.05, 3.63) is 193 Å². The first-order valence-corrected chi connectivity index (χ1v) is 20.3. The molecule has 0 N–H and O–H groups in total. The number of benzene rings is 11. The summed E-state index contributed by atoms with van der Waals surface area (Å²) in [6.45, 7) is 4.74. The fraction of sp³-hybridized carbons (Fsp3) is 0.0526. The summed E-state index contributed by atoms with van der Waals surface area (Å²) in [5.74, 6) is 0. The topological polar surface area (TPSA) is 13.1 Å². The number of furan rings is 1. The van der Waals surface area contributed by atoms with Crippen LogP contribution in [0.1, 0.15) is 25.0 Å². The van der Waals surface area contributed by atoms with E-state index in [1.165, 1.54) is 104 Å². The van der Waals surface area contributed by atoms with Crippen LogP contribution in [0.3, 0.4) is 0 Å². The highest BCUT2D eigenvalue weighted by atomic mass is 16.3. The van der Waals surface area contributed by atoms with Gasteiger partial charge in [-0.3, -0.25) is 0 Å². The molecule has 1 aromatic heterocycles. The zero-order chi connectivity index (χ0) is 38.3. The van der Waals surface area contributed by atoms with E-state index >= 15 is 0 Å². The summed E-state index contributed by atoms with van der Waals surface area (Å²) < 4.78 is 6.99. The van der Waals surface area contributed by atoms with Gasteiger partial charge >= 0.3 is 0 Å². The van der Waals surface area contributed by atoms with E-state index in [9.17, 15) is 0 Å². The highest BCUT2D eigenvalue weighted by Crippen LogP contribution is 2.52. The van der Waals surface area contributed by atoms with Gasteiger partial charge in [0.1, 0.15) is 11.2 Å². The third-order valence-corrected chi connectivity index (χ3v) is 13.4. The number of hydrogen-bond acceptors (Lipinski definition) is 1. The van der Waals surface area contributed by atoms with E-state index in [0.29, 0.717) is 0 Å². The molecule has 1 aliphatic rings. The summed E-state index contributed by atoms with van der Waals surface area (Å²) in [6.07, 6.45) is 0. The van der Waals surface area contributed by atoms with Gasteiger partial charge in [-0.15, -0.1) is 0 Å². The van der Waals surface area contributed by atoms with E-state index in [1.54, 1.807) is 0 Å². The second-order valence-electron chi connectivity index (χ2n) is 16.8. The fourth-order valence-electron chi connectivity index (χ4n) is 10.4. The summed E-state index contributed by atoms with van der Waals surface area (Å²) in [5, 5.41) is 15.1. The normalized spacial score (nSPS) is 13.5. The fourth-order valence-corrected chi connectivity index (χ4v) is 10.4. The van der Waals surface area contributed by atoms with Crippen molar-refractivity contribution in [1.82, 2.24) is 0 Å². The average molecular weight is 737 g/mol. The van der Waals surface area contributed by atoms with Gasteiger partial charge in [0.2, 0.25) is 0 Å². The van der Waals surface area contributed by atoms with Crippen molar-refractivity contribution in [2.24, 2.45) is 0 Å². The van der Waals surface area contributed by atoms with Crippen LogP contribution < -0.4 is 0 Å². The average Bonchev–Trinajstić information content (AvgIpc) is 3.74. The maximum atomic E-state index is 6.99. The summed E-state index contributed by atoms with van der Waals surface area (Å²) in [7, 11) is 0. The highest BCUT2D eigenvalue weighted by molar-refractivity contribution is 6.25. The van der Waals surface area contributed by atoms with E-state index in [0.717, 1.165) is 27.5 Å². The van der Waals surface area contributed by atoms with Gasteiger partial charge < -0.3 is 4.42 Å². The predicted octanol–water partition coefficient (Wildman–Crippen LogP) is 16.1. The molecule has 0 saturated carbocycles. The van der Waals surface area contributed by atoms with Crippen LogP contribution >= 0.6 is 0 Å². The van der Waals surface area contributed by atoms with Gasteiger partial charge in [0, 0.05) is 21.8 Å². The molecule has 0 saturated heterocycles. The lowest BCUT2D eigenvalue weighted by atomic mass is 9.81. The molecule has 270 valence electrons. The van der Waals surface area contributed by atoms with Crippen LogP contribution in [0.2, 0.25) is 0 Å². The van der Waals surface area contributed by atoms with E-state index in [2.05, 4.69) is 196 Å². The molecule has 58 heavy (non-hydrogen) atoms. The highest BCUT2D eigenvalue weighted by Gasteiger charge is 2.36. The van der Waals surface area contributed by atoms with Crippen LogP contribution in [0.25, 0.3) is 120 Å². The van der Waals surface area contributed by atoms with Gasteiger partial charge in [-0.2, -0.15) is 0 Å². The molecule has 13 rings (SSSR count). The molecule has 12 aromatic rings. The van der Waals surface area contributed by atoms with Crippen LogP contribution in [-0.4, -0.2) is 0 Å². The molecule has 0 aliphatic heterocycles. The number of rotatable bonds is 3. The lowest BCUT2D eigenvalue weighted by Crippen LogP contribution is -2.15. The Balaban J connectivity index is 0.982. The van der Waals surface area contributed by atoms with Gasteiger partial charge in [-0.25, -0.2) is 0 Å². The molecule has 11 aromatic carbocycles. The summed E-state index contributed by atoms with van der Waals surface area (Å²) in [5.41, 5.74) is 14.2. The van der Waals surface area contributed by atoms with Crippen LogP contribution in [-0.2, 0) is 5.41 Å². The first-order valence-electron chi connectivity index (χ1n) is 20.3. The standard InChI is InChI=1S/C57H36O/c1-57(2)50-31-42(22-24-46(50)48-28-38-8-3-5-10-40(38)30-51(48)57)45-27-26-44(55-49-29-39-9-4-6-11-41(39)32-52(49)58-56(45)55)34-16-14-33(15-17-34)43-23-20-37-19-18-35-12-7-13-36-21-25-47(43)54(37)53(35)36/h3-32H,1-2H3. The Labute approximate surface area is 335 Å². The Morgan fingerprint density at radius 3 is 1.62 bits per heavy atom. The first-order chi connectivity index (χ1) is 28.5. The van der Waals surface area contributed by atoms with Crippen LogP contribution in [0.5, 0.6) is 0 Å². The molecule has 0 spiro atoms. The smallest absolute Gasteiger partial charge is 0.143 e. The molecule has 0 fully saturated rings. The van der Waals surface area contributed by atoms with Crippen molar-refractivity contribution in [2.45, 2.75) is 19.3 Å².